The van der Waals surface area contributed by atoms with Crippen molar-refractivity contribution in [2.75, 3.05) is 17.2 Å². The molecule has 3 aromatic rings. The van der Waals surface area contributed by atoms with E-state index in [1.807, 2.05) is 18.2 Å². The van der Waals surface area contributed by atoms with Crippen LogP contribution < -0.4 is 9.62 Å². The number of carbonyl (C=O) groups excluding carboxylic acids is 1. The number of hydrogen-bond donors (Lipinski definition) is 1. The molecule has 1 saturated heterocycles. The standard InChI is InChI=1S/C29H31Cl2N3O5S/c1-2-12-40(36,37)33-29(35)18-8-10-20(11-9-18)34-15-19-13-21(34)14-25(19)38-16-22-27(32-39-28(22)17-6-7-17)26-23(30)4-3-5-24(26)31/h3-5,8-11,17,19,21,25H,2,6-7,12-16H2,1H3,(H,33,35)/t19-,21-,25+/m0/s1. The van der Waals surface area contributed by atoms with E-state index in [0.717, 1.165) is 49.2 Å². The molecule has 212 valence electrons. The summed E-state index contributed by atoms with van der Waals surface area (Å²) in [6.45, 7) is 3.00. The molecule has 2 saturated carbocycles. The van der Waals surface area contributed by atoms with Crippen LogP contribution in [-0.2, 0) is 21.4 Å². The lowest BCUT2D eigenvalue weighted by Crippen LogP contribution is -2.38. The fraction of sp³-hybridized carbons (Fsp3) is 0.448. The number of piperidine rings is 1. The molecular formula is C29H31Cl2N3O5S. The number of benzene rings is 2. The van der Waals surface area contributed by atoms with Gasteiger partial charge in [0.2, 0.25) is 10.0 Å². The fourth-order valence-corrected chi connectivity index (χ4v) is 7.61. The molecule has 3 aliphatic rings. The van der Waals surface area contributed by atoms with Crippen molar-refractivity contribution in [3.05, 3.63) is 69.4 Å². The van der Waals surface area contributed by atoms with Crippen LogP contribution in [0.1, 0.15) is 66.6 Å². The van der Waals surface area contributed by atoms with Gasteiger partial charge in [0.15, 0.2) is 0 Å². The van der Waals surface area contributed by atoms with Crippen LogP contribution in [0.2, 0.25) is 10.0 Å². The molecule has 2 heterocycles. The molecule has 2 bridgehead atoms. The van der Waals surface area contributed by atoms with Crippen molar-refractivity contribution in [1.29, 1.82) is 0 Å². The molecule has 0 radical (unpaired) electrons. The maximum absolute atomic E-state index is 12.4. The summed E-state index contributed by atoms with van der Waals surface area (Å²) in [6.07, 6.45) is 4.65. The molecule has 3 fully saturated rings. The van der Waals surface area contributed by atoms with Crippen LogP contribution in [0.4, 0.5) is 5.69 Å². The molecule has 2 aliphatic carbocycles. The summed E-state index contributed by atoms with van der Waals surface area (Å²) in [5, 5.41) is 5.44. The quantitative estimate of drug-likeness (QED) is 0.295. The number of fused-ring (bicyclic) bond motifs is 2. The Morgan fingerprint density at radius 3 is 2.48 bits per heavy atom. The van der Waals surface area contributed by atoms with Gasteiger partial charge in [0.25, 0.3) is 5.91 Å². The largest absolute Gasteiger partial charge is 0.373 e. The number of carbonyl (C=O) groups is 1. The SMILES string of the molecule is CCCS(=O)(=O)NC(=O)c1ccc(N2C[C@@H]3C[C@H]2C[C@H]3OCc2c(-c3c(Cl)cccc3Cl)noc2C2CC2)cc1. The van der Waals surface area contributed by atoms with Gasteiger partial charge in [-0.2, -0.15) is 0 Å². The molecule has 40 heavy (non-hydrogen) atoms. The number of sulfonamides is 1. The topological polar surface area (TPSA) is 102 Å². The first kappa shape index (κ1) is 27.6. The lowest BCUT2D eigenvalue weighted by molar-refractivity contribution is 0.0122. The minimum absolute atomic E-state index is 0.0784. The second-order valence-electron chi connectivity index (χ2n) is 10.9. The van der Waals surface area contributed by atoms with Crippen molar-refractivity contribution in [2.45, 2.75) is 63.7 Å². The van der Waals surface area contributed by atoms with Gasteiger partial charge in [0.1, 0.15) is 11.5 Å². The lowest BCUT2D eigenvalue weighted by Gasteiger charge is -2.33. The molecule has 1 N–H and O–H groups in total. The highest BCUT2D eigenvalue weighted by Gasteiger charge is 2.45. The molecule has 1 aliphatic heterocycles. The zero-order chi connectivity index (χ0) is 28.0. The van der Waals surface area contributed by atoms with Crippen LogP contribution in [0.3, 0.4) is 0 Å². The predicted molar refractivity (Wildman–Crippen MR) is 154 cm³/mol. The van der Waals surface area contributed by atoms with Crippen molar-refractivity contribution in [2.24, 2.45) is 5.92 Å². The summed E-state index contributed by atoms with van der Waals surface area (Å²) in [5.41, 5.74) is 3.62. The number of nitrogens with zero attached hydrogens (tertiary/aromatic N) is 2. The minimum Gasteiger partial charge on any atom is -0.373 e. The molecular weight excluding hydrogens is 573 g/mol. The number of anilines is 1. The van der Waals surface area contributed by atoms with Gasteiger partial charge < -0.3 is 14.2 Å². The van der Waals surface area contributed by atoms with E-state index in [1.54, 1.807) is 31.2 Å². The van der Waals surface area contributed by atoms with E-state index < -0.39 is 15.9 Å². The van der Waals surface area contributed by atoms with Gasteiger partial charge in [-0.1, -0.05) is 41.3 Å². The molecule has 0 spiro atoms. The number of rotatable bonds is 10. The number of hydrogen-bond acceptors (Lipinski definition) is 7. The third-order valence-electron chi connectivity index (χ3n) is 8.07. The van der Waals surface area contributed by atoms with Crippen LogP contribution in [-0.4, -0.2) is 43.9 Å². The van der Waals surface area contributed by atoms with E-state index >= 15 is 0 Å². The third-order valence-corrected chi connectivity index (χ3v) is 10.1. The molecule has 0 unspecified atom stereocenters. The van der Waals surface area contributed by atoms with Gasteiger partial charge in [-0.3, -0.25) is 4.79 Å². The Hall–Kier alpha value is -2.59. The van der Waals surface area contributed by atoms with E-state index in [1.165, 1.54) is 0 Å². The highest BCUT2D eigenvalue weighted by Crippen LogP contribution is 2.47. The zero-order valence-electron chi connectivity index (χ0n) is 22.1. The van der Waals surface area contributed by atoms with E-state index in [-0.39, 0.29) is 11.9 Å². The summed E-state index contributed by atoms with van der Waals surface area (Å²) >= 11 is 13.0. The summed E-state index contributed by atoms with van der Waals surface area (Å²) in [4.78, 5) is 14.7. The Labute approximate surface area is 244 Å². The zero-order valence-corrected chi connectivity index (χ0v) is 24.4. The van der Waals surface area contributed by atoms with E-state index in [2.05, 4.69) is 14.8 Å². The first-order valence-electron chi connectivity index (χ1n) is 13.7. The molecule has 8 nitrogen and oxygen atoms in total. The maximum Gasteiger partial charge on any atom is 0.264 e. The Kier molecular flexibility index (Phi) is 7.59. The number of halogens is 2. The number of ether oxygens (including phenoxy) is 1. The van der Waals surface area contributed by atoms with Gasteiger partial charge in [0.05, 0.1) is 28.5 Å². The molecule has 6 rings (SSSR count). The summed E-state index contributed by atoms with van der Waals surface area (Å²) in [7, 11) is -3.61. The first-order valence-corrected chi connectivity index (χ1v) is 16.1. The summed E-state index contributed by atoms with van der Waals surface area (Å²) < 4.78 is 38.3. The Morgan fingerprint density at radius 2 is 1.85 bits per heavy atom. The molecule has 1 aromatic heterocycles. The summed E-state index contributed by atoms with van der Waals surface area (Å²) in [6, 6.07) is 12.9. The van der Waals surface area contributed by atoms with Crippen LogP contribution in [0.25, 0.3) is 11.3 Å². The first-order chi connectivity index (χ1) is 19.2. The highest BCUT2D eigenvalue weighted by molar-refractivity contribution is 7.90. The van der Waals surface area contributed by atoms with Crippen LogP contribution in [0.15, 0.2) is 47.0 Å². The average Bonchev–Trinajstić information content (AvgIpc) is 3.37. The van der Waals surface area contributed by atoms with E-state index in [0.29, 0.717) is 57.8 Å². The van der Waals surface area contributed by atoms with Gasteiger partial charge in [-0.15, -0.1) is 0 Å². The monoisotopic (exact) mass is 603 g/mol. The molecule has 2 aromatic carbocycles. The molecule has 3 atom stereocenters. The maximum atomic E-state index is 12.4. The Morgan fingerprint density at radius 1 is 1.12 bits per heavy atom. The second-order valence-corrected chi connectivity index (χ2v) is 13.6. The normalized spacial score (nSPS) is 22.2. The molecule has 11 heteroatoms. The van der Waals surface area contributed by atoms with Crippen molar-refractivity contribution >= 4 is 44.8 Å². The van der Waals surface area contributed by atoms with Crippen LogP contribution in [0.5, 0.6) is 0 Å². The second kappa shape index (κ2) is 11.0. The minimum atomic E-state index is -3.61. The van der Waals surface area contributed by atoms with Crippen molar-refractivity contribution in [3.63, 3.8) is 0 Å². The molecule has 1 amide bonds. The number of aromatic nitrogens is 1. The van der Waals surface area contributed by atoms with Crippen molar-refractivity contribution in [1.82, 2.24) is 9.88 Å². The lowest BCUT2D eigenvalue weighted by atomic mass is 10.0. The highest BCUT2D eigenvalue weighted by atomic mass is 35.5. The Balaban J connectivity index is 1.11. The number of nitrogens with one attached hydrogen (secondary N) is 1. The summed E-state index contributed by atoms with van der Waals surface area (Å²) in [5.74, 6) is 0.943. The Bertz CT molecular complexity index is 1500. The number of amides is 1. The predicted octanol–water partition coefficient (Wildman–Crippen LogP) is 6.18. The van der Waals surface area contributed by atoms with Crippen LogP contribution >= 0.6 is 23.2 Å². The van der Waals surface area contributed by atoms with Crippen molar-refractivity contribution < 1.29 is 22.5 Å². The smallest absolute Gasteiger partial charge is 0.264 e. The van der Waals surface area contributed by atoms with Gasteiger partial charge in [-0.25, -0.2) is 13.1 Å². The van der Waals surface area contributed by atoms with Gasteiger partial charge >= 0.3 is 0 Å². The van der Waals surface area contributed by atoms with Gasteiger partial charge in [0, 0.05) is 46.8 Å². The van der Waals surface area contributed by atoms with E-state index in [4.69, 9.17) is 32.5 Å². The van der Waals surface area contributed by atoms with Crippen LogP contribution in [0, 0.1) is 5.92 Å². The fourth-order valence-electron chi connectivity index (χ4n) is 5.99. The third kappa shape index (κ3) is 5.49. The van der Waals surface area contributed by atoms with Gasteiger partial charge in [-0.05, 0) is 68.5 Å². The van der Waals surface area contributed by atoms with Crippen molar-refractivity contribution in [3.8, 4) is 11.3 Å². The van der Waals surface area contributed by atoms with E-state index in [9.17, 15) is 13.2 Å². The average molecular weight is 605 g/mol.